The van der Waals surface area contributed by atoms with E-state index >= 15 is 0 Å². The maximum Gasteiger partial charge on any atom is 0.0309 e. The zero-order valence-corrected chi connectivity index (χ0v) is 13.9. The molecule has 0 bridgehead atoms. The summed E-state index contributed by atoms with van der Waals surface area (Å²) in [5.74, 6) is 0. The highest BCUT2D eigenvalue weighted by atomic mass is 15.3. The minimum atomic E-state index is 0.288. The summed E-state index contributed by atoms with van der Waals surface area (Å²) >= 11 is 0. The molecule has 2 fully saturated rings. The monoisotopic (exact) mass is 286 g/mol. The van der Waals surface area contributed by atoms with Crippen LogP contribution in [0.3, 0.4) is 0 Å². The lowest BCUT2D eigenvalue weighted by molar-refractivity contribution is 0.00766. The van der Waals surface area contributed by atoms with E-state index in [1.807, 2.05) is 0 Å². The molecule has 3 rings (SSSR count). The van der Waals surface area contributed by atoms with Crippen LogP contribution >= 0.6 is 0 Å². The Balaban J connectivity index is 1.82. The lowest BCUT2D eigenvalue weighted by Gasteiger charge is -2.52. The number of nitrogens with zero attached hydrogens (tertiary/aromatic N) is 1. The maximum atomic E-state index is 3.92. The predicted octanol–water partition coefficient (Wildman–Crippen LogP) is 3.88. The Morgan fingerprint density at radius 3 is 2.57 bits per heavy atom. The molecule has 116 valence electrons. The van der Waals surface area contributed by atoms with E-state index in [1.54, 1.807) is 0 Å². The first-order chi connectivity index (χ1) is 10.1. The van der Waals surface area contributed by atoms with Gasteiger partial charge in [-0.05, 0) is 44.2 Å². The number of piperazine rings is 1. The lowest BCUT2D eigenvalue weighted by atomic mass is 9.84. The van der Waals surface area contributed by atoms with Gasteiger partial charge in [0, 0.05) is 30.7 Å². The van der Waals surface area contributed by atoms with Gasteiger partial charge >= 0.3 is 0 Å². The average molecular weight is 286 g/mol. The Morgan fingerprint density at radius 2 is 1.90 bits per heavy atom. The van der Waals surface area contributed by atoms with Crippen LogP contribution < -0.4 is 5.32 Å². The van der Waals surface area contributed by atoms with E-state index in [9.17, 15) is 0 Å². The van der Waals surface area contributed by atoms with E-state index in [0.29, 0.717) is 5.54 Å². The van der Waals surface area contributed by atoms with Crippen molar-refractivity contribution in [3.63, 3.8) is 0 Å². The predicted molar refractivity (Wildman–Crippen MR) is 89.5 cm³/mol. The van der Waals surface area contributed by atoms with Crippen LogP contribution in [0, 0.1) is 6.92 Å². The minimum absolute atomic E-state index is 0.288. The quantitative estimate of drug-likeness (QED) is 0.907. The lowest BCUT2D eigenvalue weighted by Crippen LogP contribution is -2.67. The molecule has 2 heteroatoms. The second-order valence-corrected chi connectivity index (χ2v) is 7.47. The van der Waals surface area contributed by atoms with Crippen molar-refractivity contribution < 1.29 is 0 Å². The van der Waals surface area contributed by atoms with Crippen LogP contribution in [0.15, 0.2) is 24.3 Å². The van der Waals surface area contributed by atoms with Gasteiger partial charge in [-0.25, -0.2) is 0 Å². The van der Waals surface area contributed by atoms with Crippen molar-refractivity contribution in [2.45, 2.75) is 70.5 Å². The van der Waals surface area contributed by atoms with Crippen molar-refractivity contribution in [2.75, 3.05) is 13.1 Å². The zero-order valence-electron chi connectivity index (χ0n) is 13.9. The SMILES string of the molecule is CCC1(C)CNC2(CCCC2)CN1Cc1ccccc1C. The van der Waals surface area contributed by atoms with Crippen molar-refractivity contribution in [2.24, 2.45) is 0 Å². The third kappa shape index (κ3) is 2.89. The van der Waals surface area contributed by atoms with Crippen LogP contribution in [-0.4, -0.2) is 29.1 Å². The third-order valence-corrected chi connectivity index (χ3v) is 6.05. The van der Waals surface area contributed by atoms with Gasteiger partial charge in [-0.3, -0.25) is 4.90 Å². The zero-order chi connectivity index (χ0) is 14.9. The van der Waals surface area contributed by atoms with Crippen molar-refractivity contribution >= 4 is 0 Å². The molecular weight excluding hydrogens is 256 g/mol. The second kappa shape index (κ2) is 5.73. The number of rotatable bonds is 3. The topological polar surface area (TPSA) is 15.3 Å². The van der Waals surface area contributed by atoms with Gasteiger partial charge in [0.1, 0.15) is 0 Å². The number of hydrogen-bond acceptors (Lipinski definition) is 2. The average Bonchev–Trinajstić information content (AvgIpc) is 2.94. The molecule has 1 aromatic rings. The van der Waals surface area contributed by atoms with Gasteiger partial charge in [0.05, 0.1) is 0 Å². The molecule has 1 N–H and O–H groups in total. The fraction of sp³-hybridized carbons (Fsp3) is 0.684. The van der Waals surface area contributed by atoms with Crippen molar-refractivity contribution in [1.29, 1.82) is 0 Å². The van der Waals surface area contributed by atoms with Gasteiger partial charge < -0.3 is 5.32 Å². The van der Waals surface area contributed by atoms with Crippen molar-refractivity contribution in [1.82, 2.24) is 10.2 Å². The van der Waals surface area contributed by atoms with E-state index in [1.165, 1.54) is 49.8 Å². The van der Waals surface area contributed by atoms with E-state index in [-0.39, 0.29) is 5.54 Å². The normalized spacial score (nSPS) is 29.1. The van der Waals surface area contributed by atoms with E-state index in [4.69, 9.17) is 0 Å². The summed E-state index contributed by atoms with van der Waals surface area (Å²) < 4.78 is 0. The summed E-state index contributed by atoms with van der Waals surface area (Å²) in [6, 6.07) is 8.87. The Bertz CT molecular complexity index is 490. The fourth-order valence-electron chi connectivity index (χ4n) is 4.08. The van der Waals surface area contributed by atoms with Crippen LogP contribution in [0.25, 0.3) is 0 Å². The highest BCUT2D eigenvalue weighted by molar-refractivity contribution is 5.26. The maximum absolute atomic E-state index is 3.92. The molecule has 1 saturated heterocycles. The van der Waals surface area contributed by atoms with E-state index < -0.39 is 0 Å². The molecule has 1 aromatic carbocycles. The van der Waals surface area contributed by atoms with E-state index in [2.05, 4.69) is 55.3 Å². The van der Waals surface area contributed by atoms with Crippen molar-refractivity contribution in [3.8, 4) is 0 Å². The van der Waals surface area contributed by atoms with Gasteiger partial charge in [0.15, 0.2) is 0 Å². The van der Waals surface area contributed by atoms with E-state index in [0.717, 1.165) is 13.1 Å². The first-order valence-corrected chi connectivity index (χ1v) is 8.62. The number of benzene rings is 1. The van der Waals surface area contributed by atoms with Crippen molar-refractivity contribution in [3.05, 3.63) is 35.4 Å². The first kappa shape index (κ1) is 15.1. The summed E-state index contributed by atoms with van der Waals surface area (Å²) in [5, 5.41) is 3.92. The third-order valence-electron chi connectivity index (χ3n) is 6.05. The molecule has 2 aliphatic rings. The molecule has 1 saturated carbocycles. The van der Waals surface area contributed by atoms with Gasteiger partial charge in [0.25, 0.3) is 0 Å². The number of nitrogens with one attached hydrogen (secondary N) is 1. The molecule has 2 nitrogen and oxygen atoms in total. The molecule has 1 heterocycles. The summed E-state index contributed by atoms with van der Waals surface area (Å²) in [4.78, 5) is 2.76. The van der Waals surface area contributed by atoms with Crippen LogP contribution in [0.4, 0.5) is 0 Å². The van der Waals surface area contributed by atoms with Gasteiger partial charge in [-0.2, -0.15) is 0 Å². The molecule has 1 unspecified atom stereocenters. The van der Waals surface area contributed by atoms with Gasteiger partial charge in [-0.1, -0.05) is 44.0 Å². The molecule has 0 radical (unpaired) electrons. The largest absolute Gasteiger partial charge is 0.308 e. The Labute approximate surface area is 129 Å². The number of hydrogen-bond donors (Lipinski definition) is 1. The summed E-state index contributed by atoms with van der Waals surface area (Å²) in [5.41, 5.74) is 3.61. The Morgan fingerprint density at radius 1 is 1.19 bits per heavy atom. The summed E-state index contributed by atoms with van der Waals surface area (Å²) in [6.45, 7) is 10.5. The van der Waals surface area contributed by atoms with Crippen LogP contribution in [0.2, 0.25) is 0 Å². The molecule has 1 atom stereocenters. The summed E-state index contributed by atoms with van der Waals surface area (Å²) in [6.07, 6.45) is 6.72. The van der Waals surface area contributed by atoms with Crippen LogP contribution in [-0.2, 0) is 6.54 Å². The molecule has 21 heavy (non-hydrogen) atoms. The minimum Gasteiger partial charge on any atom is -0.308 e. The molecule has 0 aromatic heterocycles. The Kier molecular flexibility index (Phi) is 4.11. The fourth-order valence-corrected chi connectivity index (χ4v) is 4.08. The highest BCUT2D eigenvalue weighted by Gasteiger charge is 2.45. The first-order valence-electron chi connectivity index (χ1n) is 8.62. The van der Waals surface area contributed by atoms with Crippen LogP contribution in [0.5, 0.6) is 0 Å². The number of aryl methyl sites for hydroxylation is 1. The second-order valence-electron chi connectivity index (χ2n) is 7.47. The molecular formula is C19H30N2. The molecule has 1 aliphatic heterocycles. The standard InChI is InChI=1S/C19H30N2/c1-4-18(3)14-20-19(11-7-8-12-19)15-21(18)13-17-10-6-5-9-16(17)2/h5-6,9-10,20H,4,7-8,11-15H2,1-3H3. The molecule has 1 aliphatic carbocycles. The Hall–Kier alpha value is -0.860. The summed E-state index contributed by atoms with van der Waals surface area (Å²) in [7, 11) is 0. The smallest absolute Gasteiger partial charge is 0.0309 e. The van der Waals surface area contributed by atoms with Gasteiger partial charge in [0.2, 0.25) is 0 Å². The van der Waals surface area contributed by atoms with Crippen LogP contribution in [0.1, 0.15) is 57.1 Å². The van der Waals surface area contributed by atoms with Gasteiger partial charge in [-0.15, -0.1) is 0 Å². The molecule has 1 spiro atoms. The highest BCUT2D eigenvalue weighted by Crippen LogP contribution is 2.37. The molecule has 0 amide bonds.